The van der Waals surface area contributed by atoms with Crippen LogP contribution in [0.4, 0.5) is 0 Å². The molecule has 2 aromatic carbocycles. The molecule has 0 unspecified atom stereocenters. The van der Waals surface area contributed by atoms with Crippen LogP contribution in [0.2, 0.25) is 0 Å². The highest BCUT2D eigenvalue weighted by Crippen LogP contribution is 2.35. The highest BCUT2D eigenvalue weighted by molar-refractivity contribution is 6.14. The van der Waals surface area contributed by atoms with E-state index in [2.05, 4.69) is 0 Å². The molecule has 0 aromatic heterocycles. The van der Waals surface area contributed by atoms with Gasteiger partial charge in [0.25, 0.3) is 5.91 Å². The third-order valence-corrected chi connectivity index (χ3v) is 5.25. The number of hydrogen-bond donors (Lipinski definition) is 1. The Kier molecular flexibility index (Phi) is 5.62. The van der Waals surface area contributed by atoms with Gasteiger partial charge in [-0.1, -0.05) is 12.1 Å². The molecule has 1 amide bonds. The fourth-order valence-electron chi connectivity index (χ4n) is 3.69. The van der Waals surface area contributed by atoms with Crippen LogP contribution in [-0.2, 0) is 9.59 Å². The topological polar surface area (TPSA) is 102 Å². The van der Waals surface area contributed by atoms with Gasteiger partial charge in [-0.05, 0) is 48.7 Å². The van der Waals surface area contributed by atoms with E-state index in [1.165, 1.54) is 4.90 Å². The lowest BCUT2D eigenvalue weighted by molar-refractivity contribution is -0.148. The molecule has 1 atom stereocenters. The molecule has 2 aliphatic heterocycles. The first-order valence-electron chi connectivity index (χ1n) is 9.83. The predicted molar refractivity (Wildman–Crippen MR) is 110 cm³/mol. The molecule has 8 heteroatoms. The highest BCUT2D eigenvalue weighted by Gasteiger charge is 2.34. The minimum Gasteiger partial charge on any atom is -0.497 e. The summed E-state index contributed by atoms with van der Waals surface area (Å²) >= 11 is 0. The number of nitrogens with zero attached hydrogens (tertiary/aromatic N) is 1. The molecule has 1 N–H and O–H groups in total. The molecule has 0 radical (unpaired) electrons. The smallest absolute Gasteiger partial charge is 0.326 e. The molecule has 0 aliphatic carbocycles. The van der Waals surface area contributed by atoms with Crippen LogP contribution in [0.1, 0.15) is 28.8 Å². The fourth-order valence-corrected chi connectivity index (χ4v) is 3.69. The number of allylic oxidation sites excluding steroid dienone is 1. The molecule has 0 bridgehead atoms. The fraction of sp³-hybridized carbons (Fsp3) is 0.261. The van der Waals surface area contributed by atoms with Gasteiger partial charge in [-0.3, -0.25) is 9.59 Å². The van der Waals surface area contributed by atoms with Crippen molar-refractivity contribution in [1.29, 1.82) is 0 Å². The third-order valence-electron chi connectivity index (χ3n) is 5.25. The number of amides is 1. The Balaban J connectivity index is 1.44. The SMILES string of the molecule is COc1cccc(/C=C2\Oc3cc(OCC(=O)N4CCC[C@H]4C(=O)O)ccc3C2=O)c1. The summed E-state index contributed by atoms with van der Waals surface area (Å²) in [6.45, 7) is 0.113. The zero-order valence-electron chi connectivity index (χ0n) is 16.9. The standard InChI is InChI=1S/C23H21NO7/c1-29-15-5-2-4-14(10-15)11-20-22(26)17-8-7-16(12-19(17)31-20)30-13-21(25)24-9-3-6-18(24)23(27)28/h2,4-5,7-8,10-12,18H,3,6,9,13H2,1H3,(H,27,28)/b20-11-/t18-/m0/s1. The molecule has 4 rings (SSSR count). The van der Waals surface area contributed by atoms with Crippen LogP contribution in [0.15, 0.2) is 48.2 Å². The lowest BCUT2D eigenvalue weighted by atomic mass is 10.1. The van der Waals surface area contributed by atoms with E-state index in [0.29, 0.717) is 42.2 Å². The number of hydrogen-bond acceptors (Lipinski definition) is 6. The normalized spacial score (nSPS) is 18.6. The second-order valence-corrected chi connectivity index (χ2v) is 7.25. The summed E-state index contributed by atoms with van der Waals surface area (Å²) in [5, 5.41) is 9.21. The number of carbonyl (C=O) groups excluding carboxylic acids is 2. The third kappa shape index (κ3) is 4.23. The summed E-state index contributed by atoms with van der Waals surface area (Å²) in [5.74, 6) is -0.102. The maximum Gasteiger partial charge on any atom is 0.326 e. The molecular formula is C23H21NO7. The van der Waals surface area contributed by atoms with Crippen molar-refractivity contribution in [3.05, 3.63) is 59.4 Å². The molecular weight excluding hydrogens is 402 g/mol. The van der Waals surface area contributed by atoms with Gasteiger partial charge in [0, 0.05) is 12.6 Å². The zero-order chi connectivity index (χ0) is 22.0. The summed E-state index contributed by atoms with van der Waals surface area (Å²) in [6.07, 6.45) is 2.73. The first-order chi connectivity index (χ1) is 15.0. The molecule has 1 saturated heterocycles. The van der Waals surface area contributed by atoms with Gasteiger partial charge in [0.2, 0.25) is 5.78 Å². The molecule has 1 fully saturated rings. The molecule has 31 heavy (non-hydrogen) atoms. The van der Waals surface area contributed by atoms with Crippen molar-refractivity contribution in [3.8, 4) is 17.2 Å². The second-order valence-electron chi connectivity index (χ2n) is 7.25. The molecule has 2 aliphatic rings. The number of fused-ring (bicyclic) bond motifs is 1. The Morgan fingerprint density at radius 2 is 2.06 bits per heavy atom. The number of ether oxygens (including phenoxy) is 3. The first kappa shape index (κ1) is 20.5. The second kappa shape index (κ2) is 8.51. The van der Waals surface area contributed by atoms with E-state index < -0.39 is 12.0 Å². The Morgan fingerprint density at radius 3 is 2.84 bits per heavy atom. The lowest BCUT2D eigenvalue weighted by Gasteiger charge is -2.21. The Morgan fingerprint density at radius 1 is 1.23 bits per heavy atom. The van der Waals surface area contributed by atoms with Gasteiger partial charge in [-0.15, -0.1) is 0 Å². The van der Waals surface area contributed by atoms with E-state index in [-0.39, 0.29) is 24.1 Å². The van der Waals surface area contributed by atoms with Crippen LogP contribution in [0, 0.1) is 0 Å². The van der Waals surface area contributed by atoms with Gasteiger partial charge < -0.3 is 24.2 Å². The van der Waals surface area contributed by atoms with Crippen molar-refractivity contribution in [2.24, 2.45) is 0 Å². The van der Waals surface area contributed by atoms with Gasteiger partial charge >= 0.3 is 5.97 Å². The van der Waals surface area contributed by atoms with Crippen molar-refractivity contribution in [2.75, 3.05) is 20.3 Å². The van der Waals surface area contributed by atoms with E-state index in [1.54, 1.807) is 43.5 Å². The van der Waals surface area contributed by atoms with Crippen molar-refractivity contribution in [3.63, 3.8) is 0 Å². The zero-order valence-corrected chi connectivity index (χ0v) is 16.9. The predicted octanol–water partition coefficient (Wildman–Crippen LogP) is 2.77. The van der Waals surface area contributed by atoms with E-state index in [1.807, 2.05) is 12.1 Å². The number of carboxylic acid groups (broad SMARTS) is 1. The van der Waals surface area contributed by atoms with Gasteiger partial charge in [-0.25, -0.2) is 4.79 Å². The average molecular weight is 423 g/mol. The number of ketones is 1. The number of rotatable bonds is 6. The van der Waals surface area contributed by atoms with Gasteiger partial charge in [0.15, 0.2) is 12.4 Å². The summed E-state index contributed by atoms with van der Waals surface area (Å²) in [4.78, 5) is 37.6. The Hall–Kier alpha value is -3.81. The minimum absolute atomic E-state index is 0.179. The Labute approximate surface area is 178 Å². The van der Waals surface area contributed by atoms with Crippen molar-refractivity contribution < 1.29 is 33.7 Å². The molecule has 8 nitrogen and oxygen atoms in total. The van der Waals surface area contributed by atoms with Crippen LogP contribution in [0.3, 0.4) is 0 Å². The van der Waals surface area contributed by atoms with E-state index in [4.69, 9.17) is 14.2 Å². The van der Waals surface area contributed by atoms with Crippen molar-refractivity contribution >= 4 is 23.7 Å². The summed E-state index contributed by atoms with van der Waals surface area (Å²) in [6, 6.07) is 11.1. The maximum atomic E-state index is 12.6. The highest BCUT2D eigenvalue weighted by atomic mass is 16.5. The number of Topliss-reactive ketones (excluding diaryl/α,β-unsaturated/α-hetero) is 1. The summed E-state index contributed by atoms with van der Waals surface area (Å²) in [5.41, 5.74) is 1.16. The number of benzene rings is 2. The molecule has 2 aromatic rings. The van der Waals surface area contributed by atoms with Crippen molar-refractivity contribution in [1.82, 2.24) is 4.90 Å². The molecule has 160 valence electrons. The summed E-state index contributed by atoms with van der Waals surface area (Å²) in [7, 11) is 1.57. The average Bonchev–Trinajstić information content (AvgIpc) is 3.38. The number of carbonyl (C=O) groups is 3. The number of likely N-dealkylation sites (tertiary alicyclic amines) is 1. The van der Waals surface area contributed by atoms with Crippen LogP contribution in [0.25, 0.3) is 6.08 Å². The molecule has 2 heterocycles. The van der Waals surface area contributed by atoms with Gasteiger partial charge in [0.05, 0.1) is 12.7 Å². The molecule has 0 spiro atoms. The number of carboxylic acids is 1. The van der Waals surface area contributed by atoms with Crippen LogP contribution in [-0.4, -0.2) is 54.0 Å². The summed E-state index contributed by atoms with van der Waals surface area (Å²) < 4.78 is 16.4. The minimum atomic E-state index is -1.01. The van der Waals surface area contributed by atoms with Gasteiger partial charge in [0.1, 0.15) is 23.3 Å². The Bertz CT molecular complexity index is 1080. The number of aliphatic carboxylic acids is 1. The van der Waals surface area contributed by atoms with E-state index in [0.717, 1.165) is 5.56 Å². The lowest BCUT2D eigenvalue weighted by Crippen LogP contribution is -2.42. The van der Waals surface area contributed by atoms with E-state index >= 15 is 0 Å². The quantitative estimate of drug-likeness (QED) is 0.713. The van der Waals surface area contributed by atoms with Crippen LogP contribution < -0.4 is 14.2 Å². The first-order valence-corrected chi connectivity index (χ1v) is 9.83. The van der Waals surface area contributed by atoms with Gasteiger partial charge in [-0.2, -0.15) is 0 Å². The largest absolute Gasteiger partial charge is 0.497 e. The molecule has 0 saturated carbocycles. The number of methoxy groups -OCH3 is 1. The van der Waals surface area contributed by atoms with E-state index in [9.17, 15) is 19.5 Å². The van der Waals surface area contributed by atoms with Crippen LogP contribution in [0.5, 0.6) is 17.2 Å². The maximum absolute atomic E-state index is 12.6. The monoisotopic (exact) mass is 423 g/mol. The van der Waals surface area contributed by atoms with Crippen LogP contribution >= 0.6 is 0 Å². The van der Waals surface area contributed by atoms with Crippen molar-refractivity contribution in [2.45, 2.75) is 18.9 Å².